The second-order valence-electron chi connectivity index (χ2n) is 3.85. The average molecular weight is 269 g/mol. The molecule has 0 unspecified atom stereocenters. The zero-order valence-electron chi connectivity index (χ0n) is 8.64. The third kappa shape index (κ3) is 1.69. The van der Waals surface area contributed by atoms with Gasteiger partial charge in [0.2, 0.25) is 0 Å². The minimum Gasteiger partial charge on any atom is -0.478 e. The van der Waals surface area contributed by atoms with E-state index >= 15 is 0 Å². The molecule has 3 heteroatoms. The fourth-order valence-corrected chi connectivity index (χ4v) is 3.14. The van der Waals surface area contributed by atoms with Gasteiger partial charge in [-0.25, -0.2) is 4.79 Å². The number of fused-ring (bicyclic) bond motifs is 1. The molecule has 0 saturated carbocycles. The third-order valence-electron chi connectivity index (χ3n) is 3.05. The summed E-state index contributed by atoms with van der Waals surface area (Å²) >= 11 is 3.47. The van der Waals surface area contributed by atoms with E-state index in [9.17, 15) is 4.79 Å². The van der Waals surface area contributed by atoms with Crippen LogP contribution in [0.15, 0.2) is 10.5 Å². The lowest BCUT2D eigenvalue weighted by Crippen LogP contribution is -2.05. The number of carbonyl (C=O) groups is 1. The minimum atomic E-state index is -0.809. The highest BCUT2D eigenvalue weighted by Crippen LogP contribution is 2.34. The molecule has 2 rings (SSSR count). The summed E-state index contributed by atoms with van der Waals surface area (Å²) in [4.78, 5) is 11.1. The van der Waals surface area contributed by atoms with Gasteiger partial charge in [-0.15, -0.1) is 0 Å². The summed E-state index contributed by atoms with van der Waals surface area (Å²) in [5.41, 5.74) is 4.09. The number of aromatic carboxylic acids is 1. The summed E-state index contributed by atoms with van der Waals surface area (Å²) in [7, 11) is 0. The third-order valence-corrected chi connectivity index (χ3v) is 3.76. The Hall–Kier alpha value is -0.830. The second kappa shape index (κ2) is 3.97. The monoisotopic (exact) mass is 268 g/mol. The largest absolute Gasteiger partial charge is 0.478 e. The van der Waals surface area contributed by atoms with Crippen molar-refractivity contribution in [1.82, 2.24) is 0 Å². The van der Waals surface area contributed by atoms with Crippen LogP contribution in [-0.2, 0) is 19.3 Å². The Balaban J connectivity index is 2.68. The second-order valence-corrected chi connectivity index (χ2v) is 4.71. The molecule has 1 N–H and O–H groups in total. The van der Waals surface area contributed by atoms with Crippen molar-refractivity contribution in [2.24, 2.45) is 0 Å². The Bertz CT molecular complexity index is 424. The van der Waals surface area contributed by atoms with Crippen LogP contribution in [-0.4, -0.2) is 11.1 Å². The van der Waals surface area contributed by atoms with Crippen molar-refractivity contribution in [3.05, 3.63) is 32.8 Å². The Morgan fingerprint density at radius 2 is 2.13 bits per heavy atom. The maximum absolute atomic E-state index is 11.1. The fourth-order valence-electron chi connectivity index (χ4n) is 2.39. The normalized spacial score (nSPS) is 14.0. The topological polar surface area (TPSA) is 37.3 Å². The highest BCUT2D eigenvalue weighted by molar-refractivity contribution is 9.10. The van der Waals surface area contributed by atoms with Crippen molar-refractivity contribution >= 4 is 21.9 Å². The van der Waals surface area contributed by atoms with Gasteiger partial charge in [0.25, 0.3) is 0 Å². The molecule has 2 nitrogen and oxygen atoms in total. The highest BCUT2D eigenvalue weighted by Gasteiger charge is 2.22. The predicted molar refractivity (Wildman–Crippen MR) is 62.5 cm³/mol. The molecule has 1 aromatic rings. The molecule has 80 valence electrons. The molecule has 1 aliphatic rings. The van der Waals surface area contributed by atoms with E-state index in [4.69, 9.17) is 5.11 Å². The van der Waals surface area contributed by atoms with Gasteiger partial charge in [0.05, 0.1) is 5.56 Å². The number of benzene rings is 1. The summed E-state index contributed by atoms with van der Waals surface area (Å²) in [5.74, 6) is -0.809. The van der Waals surface area contributed by atoms with E-state index in [1.54, 1.807) is 6.07 Å². The van der Waals surface area contributed by atoms with Gasteiger partial charge >= 0.3 is 5.97 Å². The first kappa shape index (κ1) is 10.7. The molecule has 0 atom stereocenters. The van der Waals surface area contributed by atoms with Gasteiger partial charge in [0.15, 0.2) is 0 Å². The lowest BCUT2D eigenvalue weighted by Gasteiger charge is -2.11. The van der Waals surface area contributed by atoms with Crippen molar-refractivity contribution < 1.29 is 9.90 Å². The highest BCUT2D eigenvalue weighted by atomic mass is 79.9. The Labute approximate surface area is 97.4 Å². The molecule has 0 radical (unpaired) electrons. The standard InChI is InChI=1S/C12H13BrO2/c1-2-7-8-4-3-5-9(8)10(12(14)15)6-11(7)13/h6H,2-5H2,1H3,(H,14,15). The molecule has 1 aliphatic carbocycles. The van der Waals surface area contributed by atoms with Crippen LogP contribution in [0.4, 0.5) is 0 Å². The van der Waals surface area contributed by atoms with Crippen molar-refractivity contribution in [3.63, 3.8) is 0 Å². The predicted octanol–water partition coefficient (Wildman–Crippen LogP) is 3.20. The first-order chi connectivity index (χ1) is 7.15. The molecular formula is C12H13BrO2. The van der Waals surface area contributed by atoms with Crippen molar-refractivity contribution in [1.29, 1.82) is 0 Å². The molecule has 0 bridgehead atoms. The quantitative estimate of drug-likeness (QED) is 0.895. The van der Waals surface area contributed by atoms with E-state index in [1.165, 1.54) is 11.1 Å². The maximum Gasteiger partial charge on any atom is 0.336 e. The SMILES string of the molecule is CCc1c(Br)cc(C(=O)O)c2c1CCC2. The number of carboxylic acids is 1. The summed E-state index contributed by atoms with van der Waals surface area (Å²) in [6.45, 7) is 2.11. The first-order valence-corrected chi connectivity index (χ1v) is 6.00. The van der Waals surface area contributed by atoms with E-state index in [1.807, 2.05) is 0 Å². The van der Waals surface area contributed by atoms with Crippen molar-refractivity contribution in [3.8, 4) is 0 Å². The fraction of sp³-hybridized carbons (Fsp3) is 0.417. The minimum absolute atomic E-state index is 0.478. The molecule has 0 heterocycles. The molecule has 0 aliphatic heterocycles. The van der Waals surface area contributed by atoms with Gasteiger partial charge in [0, 0.05) is 4.47 Å². The lowest BCUT2D eigenvalue weighted by molar-refractivity contribution is 0.0695. The Kier molecular flexibility index (Phi) is 2.83. The van der Waals surface area contributed by atoms with E-state index in [0.717, 1.165) is 35.7 Å². The summed E-state index contributed by atoms with van der Waals surface area (Å²) < 4.78 is 0.947. The van der Waals surface area contributed by atoms with Gasteiger partial charge in [0.1, 0.15) is 0 Å². The smallest absolute Gasteiger partial charge is 0.336 e. The maximum atomic E-state index is 11.1. The molecule has 0 saturated heterocycles. The number of hydrogen-bond donors (Lipinski definition) is 1. The van der Waals surface area contributed by atoms with Gasteiger partial charge in [-0.05, 0) is 48.4 Å². The summed E-state index contributed by atoms with van der Waals surface area (Å²) in [5, 5.41) is 9.12. The average Bonchev–Trinajstić information content (AvgIpc) is 2.64. The van der Waals surface area contributed by atoms with Crippen LogP contribution in [0.1, 0.15) is 40.4 Å². The summed E-state index contributed by atoms with van der Waals surface area (Å²) in [6.07, 6.45) is 3.98. The van der Waals surface area contributed by atoms with Crippen LogP contribution in [0.2, 0.25) is 0 Å². The van der Waals surface area contributed by atoms with E-state index in [-0.39, 0.29) is 0 Å². The van der Waals surface area contributed by atoms with E-state index in [0.29, 0.717) is 5.56 Å². The van der Waals surface area contributed by atoms with Crippen LogP contribution in [0.3, 0.4) is 0 Å². The van der Waals surface area contributed by atoms with Gasteiger partial charge in [-0.2, -0.15) is 0 Å². The van der Waals surface area contributed by atoms with Crippen LogP contribution < -0.4 is 0 Å². The Morgan fingerprint density at radius 3 is 2.73 bits per heavy atom. The van der Waals surface area contributed by atoms with Crippen molar-refractivity contribution in [2.75, 3.05) is 0 Å². The van der Waals surface area contributed by atoms with Gasteiger partial charge < -0.3 is 5.11 Å². The van der Waals surface area contributed by atoms with Crippen LogP contribution in [0.5, 0.6) is 0 Å². The van der Waals surface area contributed by atoms with Crippen LogP contribution >= 0.6 is 15.9 Å². The summed E-state index contributed by atoms with van der Waals surface area (Å²) in [6, 6.07) is 1.76. The molecular weight excluding hydrogens is 256 g/mol. The van der Waals surface area contributed by atoms with E-state index < -0.39 is 5.97 Å². The zero-order valence-corrected chi connectivity index (χ0v) is 10.2. The van der Waals surface area contributed by atoms with Crippen molar-refractivity contribution in [2.45, 2.75) is 32.6 Å². The molecule has 0 fully saturated rings. The van der Waals surface area contributed by atoms with Gasteiger partial charge in [-0.3, -0.25) is 0 Å². The lowest BCUT2D eigenvalue weighted by atomic mass is 9.97. The first-order valence-electron chi connectivity index (χ1n) is 5.21. The number of carboxylic acid groups (broad SMARTS) is 1. The Morgan fingerprint density at radius 1 is 1.47 bits per heavy atom. The number of halogens is 1. The molecule has 0 amide bonds. The van der Waals surface area contributed by atoms with Crippen LogP contribution in [0.25, 0.3) is 0 Å². The number of rotatable bonds is 2. The van der Waals surface area contributed by atoms with Gasteiger partial charge in [-0.1, -0.05) is 22.9 Å². The molecule has 0 spiro atoms. The molecule has 1 aromatic carbocycles. The van der Waals surface area contributed by atoms with E-state index in [2.05, 4.69) is 22.9 Å². The molecule has 15 heavy (non-hydrogen) atoms. The molecule has 0 aromatic heterocycles. The van der Waals surface area contributed by atoms with Crippen LogP contribution in [0, 0.1) is 0 Å². The number of hydrogen-bond acceptors (Lipinski definition) is 1. The zero-order chi connectivity index (χ0) is 11.0.